The van der Waals surface area contributed by atoms with E-state index < -0.39 is 0 Å². The van der Waals surface area contributed by atoms with Gasteiger partial charge in [-0.15, -0.1) is 0 Å². The SMILES string of the molecule is CC(C)c1ccc2c(cnn2C2CCCCO2)c1. The van der Waals surface area contributed by atoms with Gasteiger partial charge in [0.2, 0.25) is 0 Å². The first kappa shape index (κ1) is 11.7. The van der Waals surface area contributed by atoms with E-state index in [2.05, 4.69) is 37.1 Å². The predicted octanol–water partition coefficient (Wildman–Crippen LogP) is 3.86. The van der Waals surface area contributed by atoms with Crippen LogP contribution >= 0.6 is 0 Å². The molecule has 0 bridgehead atoms. The highest BCUT2D eigenvalue weighted by Crippen LogP contribution is 2.27. The van der Waals surface area contributed by atoms with Crippen molar-refractivity contribution in [1.82, 2.24) is 9.78 Å². The molecule has 1 unspecified atom stereocenters. The number of hydrogen-bond acceptors (Lipinski definition) is 2. The maximum Gasteiger partial charge on any atom is 0.150 e. The Morgan fingerprint density at radius 1 is 1.33 bits per heavy atom. The van der Waals surface area contributed by atoms with Crippen molar-refractivity contribution in [3.8, 4) is 0 Å². The van der Waals surface area contributed by atoms with Gasteiger partial charge in [-0.05, 0) is 42.9 Å². The molecule has 96 valence electrons. The van der Waals surface area contributed by atoms with Crippen molar-refractivity contribution in [3.63, 3.8) is 0 Å². The van der Waals surface area contributed by atoms with E-state index in [1.165, 1.54) is 29.3 Å². The molecule has 0 spiro atoms. The van der Waals surface area contributed by atoms with Gasteiger partial charge in [-0.1, -0.05) is 19.9 Å². The van der Waals surface area contributed by atoms with Crippen LogP contribution in [0.5, 0.6) is 0 Å². The average molecular weight is 244 g/mol. The Morgan fingerprint density at radius 3 is 2.94 bits per heavy atom. The summed E-state index contributed by atoms with van der Waals surface area (Å²) >= 11 is 0. The molecule has 0 radical (unpaired) electrons. The number of nitrogens with zero attached hydrogens (tertiary/aromatic N) is 2. The molecular formula is C15H20N2O. The summed E-state index contributed by atoms with van der Waals surface area (Å²) in [5.74, 6) is 0.559. The summed E-state index contributed by atoms with van der Waals surface area (Å²) in [7, 11) is 0. The topological polar surface area (TPSA) is 27.1 Å². The van der Waals surface area contributed by atoms with E-state index in [1.54, 1.807) is 0 Å². The number of hydrogen-bond donors (Lipinski definition) is 0. The van der Waals surface area contributed by atoms with Gasteiger partial charge < -0.3 is 4.74 Å². The van der Waals surface area contributed by atoms with Gasteiger partial charge in [0.1, 0.15) is 0 Å². The lowest BCUT2D eigenvalue weighted by Crippen LogP contribution is -2.18. The fourth-order valence-corrected chi connectivity index (χ4v) is 2.58. The Hall–Kier alpha value is -1.35. The molecule has 0 amide bonds. The van der Waals surface area contributed by atoms with E-state index in [4.69, 9.17) is 4.74 Å². The second-order valence-electron chi connectivity index (χ2n) is 5.38. The van der Waals surface area contributed by atoms with E-state index in [1.807, 2.05) is 10.9 Å². The standard InChI is InChI=1S/C15H20N2O/c1-11(2)12-6-7-14-13(9-12)10-16-17(14)15-5-3-4-8-18-15/h6-7,9-11,15H,3-5,8H2,1-2H3. The Morgan fingerprint density at radius 2 is 2.22 bits per heavy atom. The van der Waals surface area contributed by atoms with Crippen molar-refractivity contribution in [1.29, 1.82) is 0 Å². The molecule has 0 N–H and O–H groups in total. The minimum atomic E-state index is 0.126. The molecular weight excluding hydrogens is 224 g/mol. The molecule has 1 aromatic heterocycles. The molecule has 2 heterocycles. The van der Waals surface area contributed by atoms with E-state index >= 15 is 0 Å². The van der Waals surface area contributed by atoms with Crippen molar-refractivity contribution >= 4 is 10.9 Å². The molecule has 1 aliphatic heterocycles. The van der Waals surface area contributed by atoms with Gasteiger partial charge in [-0.25, -0.2) is 4.68 Å². The molecule has 1 aromatic carbocycles. The largest absolute Gasteiger partial charge is 0.356 e. The van der Waals surface area contributed by atoms with Crippen molar-refractivity contribution in [2.24, 2.45) is 0 Å². The fourth-order valence-electron chi connectivity index (χ4n) is 2.58. The zero-order valence-electron chi connectivity index (χ0n) is 11.1. The molecule has 3 heteroatoms. The van der Waals surface area contributed by atoms with Crippen LogP contribution in [0.4, 0.5) is 0 Å². The third-order valence-electron chi connectivity index (χ3n) is 3.71. The first-order valence-corrected chi connectivity index (χ1v) is 6.84. The van der Waals surface area contributed by atoms with E-state index in [9.17, 15) is 0 Å². The van der Waals surface area contributed by atoms with Crippen molar-refractivity contribution < 1.29 is 4.74 Å². The smallest absolute Gasteiger partial charge is 0.150 e. The lowest BCUT2D eigenvalue weighted by atomic mass is 10.0. The molecule has 1 aliphatic rings. The van der Waals surface area contributed by atoms with Crippen LogP contribution in [-0.4, -0.2) is 16.4 Å². The highest BCUT2D eigenvalue weighted by molar-refractivity contribution is 5.79. The quantitative estimate of drug-likeness (QED) is 0.802. The van der Waals surface area contributed by atoms with Gasteiger partial charge in [-0.3, -0.25) is 0 Å². The second kappa shape index (κ2) is 4.73. The molecule has 3 rings (SSSR count). The highest BCUT2D eigenvalue weighted by atomic mass is 16.5. The summed E-state index contributed by atoms with van der Waals surface area (Å²) < 4.78 is 7.85. The third kappa shape index (κ3) is 2.03. The minimum Gasteiger partial charge on any atom is -0.356 e. The monoisotopic (exact) mass is 244 g/mol. The Bertz CT molecular complexity index is 538. The van der Waals surface area contributed by atoms with Gasteiger partial charge in [0.05, 0.1) is 11.7 Å². The molecule has 3 nitrogen and oxygen atoms in total. The molecule has 0 aliphatic carbocycles. The molecule has 0 saturated carbocycles. The van der Waals surface area contributed by atoms with Crippen LogP contribution in [0.15, 0.2) is 24.4 Å². The van der Waals surface area contributed by atoms with Gasteiger partial charge in [0.15, 0.2) is 6.23 Å². The highest BCUT2D eigenvalue weighted by Gasteiger charge is 2.18. The second-order valence-corrected chi connectivity index (χ2v) is 5.38. The van der Waals surface area contributed by atoms with Gasteiger partial charge in [-0.2, -0.15) is 5.10 Å². The summed E-state index contributed by atoms with van der Waals surface area (Å²) in [6, 6.07) is 6.62. The van der Waals surface area contributed by atoms with Crippen LogP contribution in [0.3, 0.4) is 0 Å². The molecule has 1 fully saturated rings. The van der Waals surface area contributed by atoms with Crippen LogP contribution in [0.1, 0.15) is 50.8 Å². The number of benzene rings is 1. The van der Waals surface area contributed by atoms with Crippen LogP contribution in [0, 0.1) is 0 Å². The van der Waals surface area contributed by atoms with Crippen molar-refractivity contribution in [3.05, 3.63) is 30.0 Å². The number of fused-ring (bicyclic) bond motifs is 1. The summed E-state index contributed by atoms with van der Waals surface area (Å²) in [5, 5.41) is 5.73. The Kier molecular flexibility index (Phi) is 3.08. The normalized spacial score (nSPS) is 20.7. The van der Waals surface area contributed by atoms with Crippen LogP contribution in [-0.2, 0) is 4.74 Å². The minimum absolute atomic E-state index is 0.126. The Balaban J connectivity index is 1.98. The maximum absolute atomic E-state index is 5.81. The molecule has 1 atom stereocenters. The third-order valence-corrected chi connectivity index (χ3v) is 3.71. The van der Waals surface area contributed by atoms with Crippen molar-refractivity contribution in [2.75, 3.05) is 6.61 Å². The van der Waals surface area contributed by atoms with Crippen LogP contribution < -0.4 is 0 Å². The van der Waals surface area contributed by atoms with Gasteiger partial charge >= 0.3 is 0 Å². The summed E-state index contributed by atoms with van der Waals surface area (Å²) in [5.41, 5.74) is 2.55. The van der Waals surface area contributed by atoms with E-state index in [-0.39, 0.29) is 6.23 Å². The Labute approximate surface area is 108 Å². The van der Waals surface area contributed by atoms with Gasteiger partial charge in [0, 0.05) is 12.0 Å². The maximum atomic E-state index is 5.81. The van der Waals surface area contributed by atoms with Crippen LogP contribution in [0.2, 0.25) is 0 Å². The molecule has 2 aromatic rings. The number of ether oxygens (including phenoxy) is 1. The average Bonchev–Trinajstić information content (AvgIpc) is 2.82. The van der Waals surface area contributed by atoms with E-state index in [0.29, 0.717) is 5.92 Å². The fraction of sp³-hybridized carbons (Fsp3) is 0.533. The lowest BCUT2D eigenvalue weighted by molar-refractivity contribution is -0.0366. The molecule has 1 saturated heterocycles. The molecule has 18 heavy (non-hydrogen) atoms. The van der Waals surface area contributed by atoms with Crippen molar-refractivity contribution in [2.45, 2.75) is 45.3 Å². The predicted molar refractivity (Wildman–Crippen MR) is 72.7 cm³/mol. The van der Waals surface area contributed by atoms with Gasteiger partial charge in [0.25, 0.3) is 0 Å². The number of aromatic nitrogens is 2. The lowest BCUT2D eigenvalue weighted by Gasteiger charge is -2.23. The first-order valence-electron chi connectivity index (χ1n) is 6.84. The summed E-state index contributed by atoms with van der Waals surface area (Å²) in [4.78, 5) is 0. The first-order chi connectivity index (χ1) is 8.75. The van der Waals surface area contributed by atoms with E-state index in [0.717, 1.165) is 13.0 Å². The summed E-state index contributed by atoms with van der Waals surface area (Å²) in [6.07, 6.45) is 5.56. The number of rotatable bonds is 2. The zero-order chi connectivity index (χ0) is 12.5. The summed E-state index contributed by atoms with van der Waals surface area (Å²) in [6.45, 7) is 5.29. The zero-order valence-corrected chi connectivity index (χ0v) is 11.1. The van der Waals surface area contributed by atoms with Crippen LogP contribution in [0.25, 0.3) is 10.9 Å².